The summed E-state index contributed by atoms with van der Waals surface area (Å²) in [6.45, 7) is 8.80. The lowest BCUT2D eigenvalue weighted by Gasteiger charge is -2.19. The van der Waals surface area contributed by atoms with Crippen molar-refractivity contribution in [3.63, 3.8) is 0 Å². The molecule has 0 spiro atoms. The summed E-state index contributed by atoms with van der Waals surface area (Å²) in [4.78, 5) is 37.7. The van der Waals surface area contributed by atoms with E-state index in [2.05, 4.69) is 15.0 Å². The van der Waals surface area contributed by atoms with Crippen LogP contribution in [0.15, 0.2) is 30.7 Å². The molecule has 0 saturated carbocycles. The van der Waals surface area contributed by atoms with Gasteiger partial charge in [-0.15, -0.1) is 0 Å². The average Bonchev–Trinajstić information content (AvgIpc) is 2.99. The minimum atomic E-state index is -0.687. The van der Waals surface area contributed by atoms with Crippen molar-refractivity contribution in [2.24, 2.45) is 0 Å². The molecule has 0 aromatic carbocycles. The molecule has 29 heavy (non-hydrogen) atoms. The van der Waals surface area contributed by atoms with E-state index in [9.17, 15) is 9.59 Å². The Bertz CT molecular complexity index is 1090. The number of carbonyl (C=O) groups excluding carboxylic acids is 2. The lowest BCUT2D eigenvalue weighted by atomic mass is 10.1. The van der Waals surface area contributed by atoms with E-state index in [1.54, 1.807) is 52.9 Å². The van der Waals surface area contributed by atoms with Gasteiger partial charge in [0.15, 0.2) is 0 Å². The van der Waals surface area contributed by atoms with Crippen molar-refractivity contribution >= 4 is 34.7 Å². The molecule has 8 nitrogen and oxygen atoms in total. The Morgan fingerprint density at radius 1 is 1.21 bits per heavy atom. The Hall–Kier alpha value is -3.00. The number of esters is 1. The zero-order chi connectivity index (χ0) is 21.3. The molecule has 0 atom stereocenters. The van der Waals surface area contributed by atoms with E-state index in [1.165, 1.54) is 17.0 Å². The Morgan fingerprint density at radius 3 is 2.59 bits per heavy atom. The van der Waals surface area contributed by atoms with Crippen molar-refractivity contribution in [1.82, 2.24) is 19.5 Å². The minimum absolute atomic E-state index is 0.0387. The largest absolute Gasteiger partial charge is 0.459 e. The van der Waals surface area contributed by atoms with Gasteiger partial charge >= 0.3 is 12.1 Å². The van der Waals surface area contributed by atoms with Crippen LogP contribution in [0.25, 0.3) is 22.3 Å². The van der Waals surface area contributed by atoms with Crippen LogP contribution >= 0.6 is 11.6 Å². The Morgan fingerprint density at radius 2 is 1.93 bits per heavy atom. The van der Waals surface area contributed by atoms with Gasteiger partial charge in [-0.3, -0.25) is 0 Å². The monoisotopic (exact) mass is 416 g/mol. The maximum Gasteiger partial charge on any atom is 0.420 e. The molecule has 0 saturated heterocycles. The third kappa shape index (κ3) is 4.54. The molecule has 3 aromatic heterocycles. The summed E-state index contributed by atoms with van der Waals surface area (Å²) in [5.41, 5.74) is 0.548. The van der Waals surface area contributed by atoms with Gasteiger partial charge in [-0.1, -0.05) is 0 Å². The van der Waals surface area contributed by atoms with Crippen molar-refractivity contribution < 1.29 is 19.1 Å². The molecular weight excluding hydrogens is 396 g/mol. The van der Waals surface area contributed by atoms with Gasteiger partial charge in [0, 0.05) is 29.5 Å². The third-order valence-electron chi connectivity index (χ3n) is 3.73. The highest BCUT2D eigenvalue weighted by Crippen LogP contribution is 2.32. The van der Waals surface area contributed by atoms with Gasteiger partial charge in [0.1, 0.15) is 16.8 Å². The molecule has 3 heterocycles. The summed E-state index contributed by atoms with van der Waals surface area (Å²) in [7, 11) is 0. The van der Waals surface area contributed by atoms with Gasteiger partial charge in [0.2, 0.25) is 5.28 Å². The summed E-state index contributed by atoms with van der Waals surface area (Å²) in [5.74, 6) is -0.589. The summed E-state index contributed by atoms with van der Waals surface area (Å²) < 4.78 is 12.0. The van der Waals surface area contributed by atoms with Crippen LogP contribution in [0.1, 0.15) is 45.0 Å². The molecule has 0 aliphatic carbocycles. The number of fused-ring (bicyclic) bond motifs is 1. The highest BCUT2D eigenvalue weighted by Gasteiger charge is 2.25. The molecule has 0 unspecified atom stereocenters. The highest BCUT2D eigenvalue weighted by atomic mass is 35.5. The van der Waals surface area contributed by atoms with Crippen molar-refractivity contribution in [2.45, 2.75) is 46.3 Å². The number of hydrogen-bond acceptors (Lipinski definition) is 7. The van der Waals surface area contributed by atoms with Crippen molar-refractivity contribution in [3.05, 3.63) is 41.6 Å². The molecule has 0 N–H and O–H groups in total. The van der Waals surface area contributed by atoms with E-state index >= 15 is 0 Å². The second kappa shape index (κ2) is 7.79. The molecule has 0 bridgehead atoms. The summed E-state index contributed by atoms with van der Waals surface area (Å²) in [6.07, 6.45) is 3.47. The SMILES string of the molecule is CC(C)OC(=O)c1cnc(Cl)nc1-c1cn(C(=O)OC(C)(C)C)c2ncccc12. The molecule has 0 fully saturated rings. The van der Waals surface area contributed by atoms with Gasteiger partial charge in [0.25, 0.3) is 0 Å². The maximum atomic E-state index is 12.7. The quantitative estimate of drug-likeness (QED) is 0.458. The number of hydrogen-bond donors (Lipinski definition) is 0. The number of ether oxygens (including phenoxy) is 2. The first-order chi connectivity index (χ1) is 13.6. The standard InChI is InChI=1S/C20H21ClN4O4/c1-11(2)28-17(26)13-9-23-18(21)24-15(13)14-10-25(19(27)29-20(3,4)5)16-12(14)7-6-8-22-16/h6-11H,1-5H3. The average molecular weight is 417 g/mol. The molecule has 0 amide bonds. The fraction of sp³-hybridized carbons (Fsp3) is 0.350. The molecule has 152 valence electrons. The van der Waals surface area contributed by atoms with Crippen LogP contribution in [0.3, 0.4) is 0 Å². The van der Waals surface area contributed by atoms with E-state index < -0.39 is 17.7 Å². The minimum Gasteiger partial charge on any atom is -0.459 e. The van der Waals surface area contributed by atoms with E-state index in [-0.39, 0.29) is 22.6 Å². The predicted molar refractivity (Wildman–Crippen MR) is 108 cm³/mol. The highest BCUT2D eigenvalue weighted by molar-refractivity contribution is 6.28. The molecule has 0 aliphatic rings. The van der Waals surface area contributed by atoms with Crippen LogP contribution in [0.2, 0.25) is 5.28 Å². The first-order valence-electron chi connectivity index (χ1n) is 9.00. The second-order valence-electron chi connectivity index (χ2n) is 7.62. The first-order valence-corrected chi connectivity index (χ1v) is 9.38. The number of pyridine rings is 1. The molecular formula is C20H21ClN4O4. The number of carbonyl (C=O) groups is 2. The normalized spacial score (nSPS) is 11.7. The van der Waals surface area contributed by atoms with Crippen molar-refractivity contribution in [2.75, 3.05) is 0 Å². The molecule has 3 aromatic rings. The van der Waals surface area contributed by atoms with E-state index in [1.807, 2.05) is 0 Å². The van der Waals surface area contributed by atoms with Gasteiger partial charge in [-0.05, 0) is 58.4 Å². The topological polar surface area (TPSA) is 96.2 Å². The maximum absolute atomic E-state index is 12.7. The lowest BCUT2D eigenvalue weighted by Crippen LogP contribution is -2.26. The smallest absolute Gasteiger partial charge is 0.420 e. The van der Waals surface area contributed by atoms with Crippen LogP contribution in [-0.4, -0.2) is 43.3 Å². The molecule has 3 rings (SSSR count). The van der Waals surface area contributed by atoms with E-state index in [0.717, 1.165) is 0 Å². The Labute approximate surface area is 172 Å². The van der Waals surface area contributed by atoms with Gasteiger partial charge < -0.3 is 9.47 Å². The molecule has 9 heteroatoms. The summed E-state index contributed by atoms with van der Waals surface area (Å²) in [6, 6.07) is 3.49. The van der Waals surface area contributed by atoms with Gasteiger partial charge in [0.05, 0.1) is 11.8 Å². The third-order valence-corrected chi connectivity index (χ3v) is 3.91. The zero-order valence-corrected chi connectivity index (χ0v) is 17.5. The van der Waals surface area contributed by atoms with E-state index in [4.69, 9.17) is 21.1 Å². The van der Waals surface area contributed by atoms with Gasteiger partial charge in [-0.25, -0.2) is 29.1 Å². The summed E-state index contributed by atoms with van der Waals surface area (Å²) in [5, 5.41) is 0.565. The van der Waals surface area contributed by atoms with Crippen molar-refractivity contribution in [3.8, 4) is 11.3 Å². The van der Waals surface area contributed by atoms with Crippen LogP contribution in [0, 0.1) is 0 Å². The predicted octanol–water partition coefficient (Wildman–Crippen LogP) is 4.50. The van der Waals surface area contributed by atoms with Crippen LogP contribution < -0.4 is 0 Å². The lowest BCUT2D eigenvalue weighted by molar-refractivity contribution is 0.0377. The number of aromatic nitrogens is 4. The fourth-order valence-electron chi connectivity index (χ4n) is 2.69. The Balaban J connectivity index is 2.20. The van der Waals surface area contributed by atoms with Crippen LogP contribution in [-0.2, 0) is 9.47 Å². The Kier molecular flexibility index (Phi) is 5.57. The van der Waals surface area contributed by atoms with Gasteiger partial charge in [-0.2, -0.15) is 0 Å². The first kappa shape index (κ1) is 20.7. The summed E-state index contributed by atoms with van der Waals surface area (Å²) >= 11 is 6.00. The van der Waals surface area contributed by atoms with Crippen LogP contribution in [0.4, 0.5) is 4.79 Å². The van der Waals surface area contributed by atoms with Crippen molar-refractivity contribution in [1.29, 1.82) is 0 Å². The number of nitrogens with zero attached hydrogens (tertiary/aromatic N) is 4. The molecule has 0 radical (unpaired) electrons. The number of rotatable bonds is 3. The fourth-order valence-corrected chi connectivity index (χ4v) is 2.82. The number of halogens is 1. The second-order valence-corrected chi connectivity index (χ2v) is 7.96. The zero-order valence-electron chi connectivity index (χ0n) is 16.8. The van der Waals surface area contributed by atoms with E-state index in [0.29, 0.717) is 16.6 Å². The van der Waals surface area contributed by atoms with Crippen LogP contribution in [0.5, 0.6) is 0 Å². The molecule has 0 aliphatic heterocycles.